The average Bonchev–Trinajstić information content (AvgIpc) is 2.68. The van der Waals surface area contributed by atoms with E-state index >= 15 is 0 Å². The van der Waals surface area contributed by atoms with Gasteiger partial charge in [0.15, 0.2) is 0 Å². The monoisotopic (exact) mass is 411 g/mol. The molecule has 0 saturated carbocycles. The summed E-state index contributed by atoms with van der Waals surface area (Å²) in [5, 5.41) is 19.7. The van der Waals surface area contributed by atoms with Crippen LogP contribution in [0.15, 0.2) is 11.8 Å². The van der Waals surface area contributed by atoms with Crippen LogP contribution in [0.25, 0.3) is 0 Å². The Bertz CT molecular complexity index is 435. The Hall–Kier alpha value is -1.39. The summed E-state index contributed by atoms with van der Waals surface area (Å²) in [4.78, 5) is 21.4. The van der Waals surface area contributed by atoms with Crippen molar-refractivity contribution in [1.82, 2.24) is 0 Å². The summed E-state index contributed by atoms with van der Waals surface area (Å²) in [6.45, 7) is 2.20. The third kappa shape index (κ3) is 21.1. The molecule has 0 heterocycles. The van der Waals surface area contributed by atoms with Crippen LogP contribution in [-0.4, -0.2) is 16.0 Å². The zero-order valence-corrected chi connectivity index (χ0v) is 18.8. The molecule has 0 radical (unpaired) electrons. The van der Waals surface area contributed by atoms with Crippen LogP contribution in [0.5, 0.6) is 0 Å². The standard InChI is InChI=1S/C24H45NO4/c1-2-3-4-5-14-17-20-23(25(28)29)21-18-15-12-10-8-6-7-9-11-13-16-19-22-24(26)27/h21H,2-20,22H2,1H3,(H,26,27). The minimum absolute atomic E-state index is 0.187. The molecule has 0 aliphatic carbocycles. The Labute approximate surface area is 178 Å². The van der Waals surface area contributed by atoms with Crippen LogP contribution in [0.4, 0.5) is 0 Å². The Morgan fingerprint density at radius 3 is 1.59 bits per heavy atom. The first-order chi connectivity index (χ1) is 14.1. The topological polar surface area (TPSA) is 80.4 Å². The molecule has 0 atom stereocenters. The number of carboxylic acids is 1. The van der Waals surface area contributed by atoms with E-state index in [4.69, 9.17) is 5.11 Å². The van der Waals surface area contributed by atoms with Crippen LogP contribution in [0.2, 0.25) is 0 Å². The van der Waals surface area contributed by atoms with Crippen molar-refractivity contribution in [3.05, 3.63) is 21.9 Å². The van der Waals surface area contributed by atoms with Crippen molar-refractivity contribution in [2.75, 3.05) is 0 Å². The maximum absolute atomic E-state index is 11.2. The Balaban J connectivity index is 3.50. The lowest BCUT2D eigenvalue weighted by Gasteiger charge is -2.03. The highest BCUT2D eigenvalue weighted by Crippen LogP contribution is 2.16. The second-order valence-electron chi connectivity index (χ2n) is 8.29. The molecule has 0 unspecified atom stereocenters. The number of hydrogen-bond acceptors (Lipinski definition) is 3. The summed E-state index contributed by atoms with van der Waals surface area (Å²) in [5.41, 5.74) is 0.420. The van der Waals surface area contributed by atoms with Gasteiger partial charge in [-0.2, -0.15) is 0 Å². The van der Waals surface area contributed by atoms with E-state index in [-0.39, 0.29) is 4.92 Å². The van der Waals surface area contributed by atoms with Crippen molar-refractivity contribution in [2.45, 2.75) is 135 Å². The first-order valence-corrected chi connectivity index (χ1v) is 12.1. The molecule has 1 N–H and O–H groups in total. The molecule has 29 heavy (non-hydrogen) atoms. The van der Waals surface area contributed by atoms with Crippen LogP contribution < -0.4 is 0 Å². The molecule has 0 aromatic carbocycles. The molecular formula is C24H45NO4. The van der Waals surface area contributed by atoms with Crippen molar-refractivity contribution < 1.29 is 14.8 Å². The SMILES string of the molecule is CCCCCCCCC(=CCCCCCCCCCCCCCC(=O)O)[N+](=O)[O-]. The highest BCUT2D eigenvalue weighted by molar-refractivity contribution is 5.66. The lowest BCUT2D eigenvalue weighted by molar-refractivity contribution is -0.428. The van der Waals surface area contributed by atoms with E-state index < -0.39 is 5.97 Å². The van der Waals surface area contributed by atoms with E-state index in [1.165, 1.54) is 64.2 Å². The first kappa shape index (κ1) is 27.6. The number of nitrogens with zero attached hydrogens (tertiary/aromatic N) is 1. The van der Waals surface area contributed by atoms with Gasteiger partial charge < -0.3 is 5.11 Å². The molecule has 0 saturated heterocycles. The van der Waals surface area contributed by atoms with Gasteiger partial charge in [0.25, 0.3) is 0 Å². The molecular weight excluding hydrogens is 366 g/mol. The van der Waals surface area contributed by atoms with Crippen molar-refractivity contribution in [3.8, 4) is 0 Å². The predicted octanol–water partition coefficient (Wildman–Crippen LogP) is 8.05. The van der Waals surface area contributed by atoms with Crippen LogP contribution >= 0.6 is 0 Å². The fourth-order valence-electron chi connectivity index (χ4n) is 3.63. The Morgan fingerprint density at radius 2 is 1.14 bits per heavy atom. The maximum atomic E-state index is 11.2. The molecule has 0 aromatic heterocycles. The molecule has 0 rings (SSSR count). The van der Waals surface area contributed by atoms with Crippen molar-refractivity contribution in [3.63, 3.8) is 0 Å². The van der Waals surface area contributed by atoms with E-state index in [0.717, 1.165) is 51.4 Å². The lowest BCUT2D eigenvalue weighted by Crippen LogP contribution is -1.99. The first-order valence-electron chi connectivity index (χ1n) is 12.1. The fourth-order valence-corrected chi connectivity index (χ4v) is 3.63. The number of rotatable bonds is 22. The molecule has 170 valence electrons. The lowest BCUT2D eigenvalue weighted by atomic mass is 10.0. The number of unbranched alkanes of at least 4 members (excludes halogenated alkanes) is 16. The number of carbonyl (C=O) groups is 1. The van der Waals surface area contributed by atoms with Crippen molar-refractivity contribution in [1.29, 1.82) is 0 Å². The van der Waals surface area contributed by atoms with Gasteiger partial charge in [-0.05, 0) is 31.8 Å². The van der Waals surface area contributed by atoms with Crippen molar-refractivity contribution in [2.24, 2.45) is 0 Å². The van der Waals surface area contributed by atoms with Gasteiger partial charge in [-0.1, -0.05) is 96.8 Å². The minimum Gasteiger partial charge on any atom is -0.481 e. The number of carboxylic acid groups (broad SMARTS) is 1. The van der Waals surface area contributed by atoms with E-state index in [1.807, 2.05) is 6.08 Å². The highest BCUT2D eigenvalue weighted by atomic mass is 16.6. The van der Waals surface area contributed by atoms with E-state index in [9.17, 15) is 14.9 Å². The zero-order chi connectivity index (χ0) is 21.6. The van der Waals surface area contributed by atoms with Crippen LogP contribution in [0, 0.1) is 10.1 Å². The Morgan fingerprint density at radius 1 is 0.724 bits per heavy atom. The summed E-state index contributed by atoms with van der Waals surface area (Å²) in [6, 6.07) is 0. The predicted molar refractivity (Wildman–Crippen MR) is 121 cm³/mol. The molecule has 0 fully saturated rings. The molecule has 0 aromatic rings. The van der Waals surface area contributed by atoms with Crippen molar-refractivity contribution >= 4 is 5.97 Å². The van der Waals surface area contributed by atoms with Gasteiger partial charge in [0.2, 0.25) is 5.70 Å². The number of hydrogen-bond donors (Lipinski definition) is 1. The summed E-state index contributed by atoms with van der Waals surface area (Å²) >= 11 is 0. The van der Waals surface area contributed by atoms with E-state index in [0.29, 0.717) is 18.5 Å². The third-order valence-electron chi connectivity index (χ3n) is 5.50. The quantitative estimate of drug-likeness (QED) is 0.111. The largest absolute Gasteiger partial charge is 0.481 e. The molecule has 0 spiro atoms. The van der Waals surface area contributed by atoms with Gasteiger partial charge >= 0.3 is 5.97 Å². The van der Waals surface area contributed by atoms with Crippen LogP contribution in [0.3, 0.4) is 0 Å². The summed E-state index contributed by atoms with van der Waals surface area (Å²) in [7, 11) is 0. The summed E-state index contributed by atoms with van der Waals surface area (Å²) < 4.78 is 0. The molecule has 0 bridgehead atoms. The van der Waals surface area contributed by atoms with Gasteiger partial charge in [0.05, 0.1) is 4.92 Å². The number of aliphatic carboxylic acids is 1. The Kier molecular flexibility index (Phi) is 20.3. The van der Waals surface area contributed by atoms with E-state index in [1.54, 1.807) is 0 Å². The van der Waals surface area contributed by atoms with Gasteiger partial charge in [0, 0.05) is 12.8 Å². The molecule has 0 aliphatic rings. The molecule has 0 amide bonds. The fraction of sp³-hybridized carbons (Fsp3) is 0.875. The zero-order valence-electron chi connectivity index (χ0n) is 18.8. The second kappa shape index (κ2) is 21.3. The summed E-state index contributed by atoms with van der Waals surface area (Å²) in [5.74, 6) is -0.687. The second-order valence-corrected chi connectivity index (χ2v) is 8.29. The highest BCUT2D eigenvalue weighted by Gasteiger charge is 2.09. The normalized spacial score (nSPS) is 11.7. The molecule has 5 nitrogen and oxygen atoms in total. The number of allylic oxidation sites excluding steroid dienone is 2. The molecule has 0 aliphatic heterocycles. The molecule has 5 heteroatoms. The third-order valence-corrected chi connectivity index (χ3v) is 5.50. The minimum atomic E-state index is -0.687. The van der Waals surface area contributed by atoms with Gasteiger partial charge in [-0.15, -0.1) is 0 Å². The smallest absolute Gasteiger partial charge is 0.303 e. The van der Waals surface area contributed by atoms with Crippen LogP contribution in [0.1, 0.15) is 135 Å². The van der Waals surface area contributed by atoms with Gasteiger partial charge in [-0.25, -0.2) is 0 Å². The summed E-state index contributed by atoms with van der Waals surface area (Å²) in [6.07, 6.45) is 23.3. The van der Waals surface area contributed by atoms with Crippen LogP contribution in [-0.2, 0) is 4.79 Å². The van der Waals surface area contributed by atoms with Gasteiger partial charge in [-0.3, -0.25) is 14.9 Å². The van der Waals surface area contributed by atoms with E-state index in [2.05, 4.69) is 6.92 Å². The number of nitro groups is 1. The van der Waals surface area contributed by atoms with Gasteiger partial charge in [0.1, 0.15) is 0 Å². The maximum Gasteiger partial charge on any atom is 0.303 e. The average molecular weight is 412 g/mol.